The van der Waals surface area contributed by atoms with Gasteiger partial charge in [-0.2, -0.15) is 0 Å². The predicted molar refractivity (Wildman–Crippen MR) is 67.1 cm³/mol. The second-order valence-corrected chi connectivity index (χ2v) is 6.50. The Balaban J connectivity index is 1.92. The second kappa shape index (κ2) is 4.35. The van der Waals surface area contributed by atoms with Gasteiger partial charge in [0.15, 0.2) is 0 Å². The van der Waals surface area contributed by atoms with Crippen LogP contribution < -0.4 is 5.32 Å². The maximum Gasteiger partial charge on any atom is 0.307 e. The van der Waals surface area contributed by atoms with Crippen LogP contribution in [0, 0.1) is 24.2 Å². The zero-order chi connectivity index (χ0) is 13.5. The number of carboxylic acid groups (broad SMARTS) is 1. The molecule has 2 rings (SSSR count). The Morgan fingerprint density at radius 2 is 2.17 bits per heavy atom. The van der Waals surface area contributed by atoms with Gasteiger partial charge in [-0.1, -0.05) is 13.8 Å². The minimum absolute atomic E-state index is 0.182. The summed E-state index contributed by atoms with van der Waals surface area (Å²) in [6, 6.07) is 0. The summed E-state index contributed by atoms with van der Waals surface area (Å²) >= 11 is 1.53. The summed E-state index contributed by atoms with van der Waals surface area (Å²) in [6.07, 6.45) is 1.73. The van der Waals surface area contributed by atoms with Gasteiger partial charge in [-0.15, -0.1) is 11.3 Å². The van der Waals surface area contributed by atoms with Crippen LogP contribution in [0.4, 0.5) is 0 Å². The molecule has 0 bridgehead atoms. The molecule has 1 aromatic rings. The Hall–Kier alpha value is -1.43. The molecular formula is C12H16N2O3S. The number of hydrogen-bond donors (Lipinski definition) is 2. The first kappa shape index (κ1) is 13.0. The lowest BCUT2D eigenvalue weighted by Gasteiger charge is -2.03. The van der Waals surface area contributed by atoms with Gasteiger partial charge in [-0.3, -0.25) is 9.59 Å². The van der Waals surface area contributed by atoms with Crippen LogP contribution in [0.25, 0.3) is 0 Å². The molecule has 5 nitrogen and oxygen atoms in total. The van der Waals surface area contributed by atoms with E-state index in [9.17, 15) is 9.59 Å². The Morgan fingerprint density at radius 3 is 2.61 bits per heavy atom. The van der Waals surface area contributed by atoms with Crippen LogP contribution in [-0.4, -0.2) is 22.0 Å². The van der Waals surface area contributed by atoms with E-state index in [1.54, 1.807) is 6.20 Å². The first-order valence-corrected chi connectivity index (χ1v) is 6.57. The van der Waals surface area contributed by atoms with Crippen LogP contribution in [-0.2, 0) is 16.1 Å². The van der Waals surface area contributed by atoms with Crippen molar-refractivity contribution in [2.75, 3.05) is 0 Å². The number of thiazole rings is 1. The van der Waals surface area contributed by atoms with E-state index in [4.69, 9.17) is 5.11 Å². The van der Waals surface area contributed by atoms with Crippen LogP contribution in [0.1, 0.15) is 23.7 Å². The van der Waals surface area contributed by atoms with Gasteiger partial charge >= 0.3 is 5.97 Å². The number of aliphatic carboxylic acids is 1. The zero-order valence-corrected chi connectivity index (χ0v) is 11.4. The van der Waals surface area contributed by atoms with E-state index in [-0.39, 0.29) is 5.91 Å². The number of amides is 1. The lowest BCUT2D eigenvalue weighted by molar-refractivity contribution is -0.140. The van der Waals surface area contributed by atoms with E-state index in [0.29, 0.717) is 6.54 Å². The van der Waals surface area contributed by atoms with E-state index in [2.05, 4.69) is 10.3 Å². The van der Waals surface area contributed by atoms with Gasteiger partial charge in [0.25, 0.3) is 0 Å². The van der Waals surface area contributed by atoms with Gasteiger partial charge in [0, 0.05) is 11.1 Å². The van der Waals surface area contributed by atoms with Gasteiger partial charge in [0.05, 0.1) is 23.4 Å². The Morgan fingerprint density at radius 1 is 1.50 bits per heavy atom. The van der Waals surface area contributed by atoms with E-state index in [0.717, 1.165) is 9.88 Å². The molecule has 1 aliphatic carbocycles. The molecule has 1 saturated carbocycles. The van der Waals surface area contributed by atoms with E-state index in [1.807, 2.05) is 20.8 Å². The molecule has 1 aliphatic rings. The average molecular weight is 268 g/mol. The molecule has 2 N–H and O–H groups in total. The van der Waals surface area contributed by atoms with Crippen LogP contribution >= 0.6 is 11.3 Å². The van der Waals surface area contributed by atoms with Gasteiger partial charge < -0.3 is 10.4 Å². The maximum absolute atomic E-state index is 11.9. The highest BCUT2D eigenvalue weighted by Gasteiger charge is 2.65. The summed E-state index contributed by atoms with van der Waals surface area (Å²) in [5.74, 6) is -2.07. The lowest BCUT2D eigenvalue weighted by atomic mass is 10.1. The SMILES string of the molecule is Cc1ncc(CNC(=O)[C@H]2[C@@H](C(=O)O)C2(C)C)s1. The van der Waals surface area contributed by atoms with Crippen LogP contribution in [0.5, 0.6) is 0 Å². The van der Waals surface area contributed by atoms with Gasteiger partial charge in [0.1, 0.15) is 0 Å². The highest BCUT2D eigenvalue weighted by molar-refractivity contribution is 7.11. The molecule has 0 radical (unpaired) electrons. The molecule has 0 saturated heterocycles. The summed E-state index contributed by atoms with van der Waals surface area (Å²) in [4.78, 5) is 28.0. The van der Waals surface area contributed by atoms with Crippen molar-refractivity contribution in [2.24, 2.45) is 17.3 Å². The summed E-state index contributed by atoms with van der Waals surface area (Å²) in [5.41, 5.74) is -0.445. The highest BCUT2D eigenvalue weighted by Crippen LogP contribution is 2.58. The van der Waals surface area contributed by atoms with E-state index >= 15 is 0 Å². The minimum Gasteiger partial charge on any atom is -0.481 e. The zero-order valence-electron chi connectivity index (χ0n) is 10.6. The number of aromatic nitrogens is 1. The third-order valence-electron chi connectivity index (χ3n) is 3.48. The second-order valence-electron chi connectivity index (χ2n) is 5.18. The molecule has 0 spiro atoms. The Bertz CT molecular complexity index is 495. The van der Waals surface area contributed by atoms with Crippen molar-refractivity contribution in [2.45, 2.75) is 27.3 Å². The number of nitrogens with zero attached hydrogens (tertiary/aromatic N) is 1. The van der Waals surface area contributed by atoms with Crippen LogP contribution in [0.3, 0.4) is 0 Å². The average Bonchev–Trinajstić information content (AvgIpc) is 2.63. The topological polar surface area (TPSA) is 79.3 Å². The molecule has 98 valence electrons. The maximum atomic E-state index is 11.9. The normalized spacial score (nSPS) is 24.6. The van der Waals surface area contributed by atoms with Crippen molar-refractivity contribution < 1.29 is 14.7 Å². The van der Waals surface area contributed by atoms with Crippen molar-refractivity contribution in [1.82, 2.24) is 10.3 Å². The molecule has 6 heteroatoms. The Kier molecular flexibility index (Phi) is 3.14. The molecule has 2 atom stereocenters. The van der Waals surface area contributed by atoms with Crippen molar-refractivity contribution in [3.8, 4) is 0 Å². The molecule has 1 aromatic heterocycles. The summed E-state index contributed by atoms with van der Waals surface area (Å²) in [6.45, 7) is 5.95. The number of hydrogen-bond acceptors (Lipinski definition) is 4. The number of nitrogens with one attached hydrogen (secondary N) is 1. The number of carboxylic acids is 1. The molecule has 18 heavy (non-hydrogen) atoms. The van der Waals surface area contributed by atoms with Crippen molar-refractivity contribution in [3.05, 3.63) is 16.1 Å². The molecular weight excluding hydrogens is 252 g/mol. The standard InChI is InChI=1S/C12H16N2O3S/c1-6-13-4-7(18-6)5-14-10(15)8-9(11(16)17)12(8,2)3/h4,8-9H,5H2,1-3H3,(H,14,15)(H,16,17)/t8-,9+/m1/s1. The Labute approximate surface area is 109 Å². The van der Waals surface area contributed by atoms with Crippen LogP contribution in [0.2, 0.25) is 0 Å². The number of carbonyl (C=O) groups excluding carboxylic acids is 1. The van der Waals surface area contributed by atoms with Crippen LogP contribution in [0.15, 0.2) is 6.20 Å². The fourth-order valence-corrected chi connectivity index (χ4v) is 3.09. The van der Waals surface area contributed by atoms with E-state index < -0.39 is 23.2 Å². The predicted octanol–water partition coefficient (Wildman–Crippen LogP) is 1.42. The highest BCUT2D eigenvalue weighted by atomic mass is 32.1. The molecule has 0 unspecified atom stereocenters. The first-order chi connectivity index (χ1) is 8.34. The quantitative estimate of drug-likeness (QED) is 0.865. The monoisotopic (exact) mass is 268 g/mol. The van der Waals surface area contributed by atoms with Gasteiger partial charge in [0.2, 0.25) is 5.91 Å². The fourth-order valence-electron chi connectivity index (χ4n) is 2.36. The third-order valence-corrected chi connectivity index (χ3v) is 4.39. The number of aryl methyl sites for hydroxylation is 1. The smallest absolute Gasteiger partial charge is 0.307 e. The summed E-state index contributed by atoms with van der Waals surface area (Å²) in [7, 11) is 0. The summed E-state index contributed by atoms with van der Waals surface area (Å²) in [5, 5.41) is 12.7. The molecule has 0 aliphatic heterocycles. The molecule has 0 aromatic carbocycles. The fraction of sp³-hybridized carbons (Fsp3) is 0.583. The molecule has 1 fully saturated rings. The van der Waals surface area contributed by atoms with E-state index in [1.165, 1.54) is 11.3 Å². The minimum atomic E-state index is -0.895. The third kappa shape index (κ3) is 2.25. The number of carbonyl (C=O) groups is 2. The van der Waals surface area contributed by atoms with Gasteiger partial charge in [-0.05, 0) is 12.3 Å². The van der Waals surface area contributed by atoms with Crippen molar-refractivity contribution in [3.63, 3.8) is 0 Å². The molecule has 1 heterocycles. The largest absolute Gasteiger partial charge is 0.481 e. The molecule has 1 amide bonds. The lowest BCUT2D eigenvalue weighted by Crippen LogP contribution is -2.26. The van der Waals surface area contributed by atoms with Crippen molar-refractivity contribution in [1.29, 1.82) is 0 Å². The van der Waals surface area contributed by atoms with Gasteiger partial charge in [-0.25, -0.2) is 4.98 Å². The number of rotatable bonds is 4. The van der Waals surface area contributed by atoms with Crippen molar-refractivity contribution >= 4 is 23.2 Å². The first-order valence-electron chi connectivity index (χ1n) is 5.76. The summed E-state index contributed by atoms with van der Waals surface area (Å²) < 4.78 is 0.